The van der Waals surface area contributed by atoms with E-state index in [1.54, 1.807) is 0 Å². The van der Waals surface area contributed by atoms with E-state index in [9.17, 15) is 17.6 Å². The first-order valence-corrected chi connectivity index (χ1v) is 8.50. The van der Waals surface area contributed by atoms with Gasteiger partial charge in [0.1, 0.15) is 11.9 Å². The number of rotatable bonds is 3. The average Bonchev–Trinajstić information content (AvgIpc) is 2.63. The summed E-state index contributed by atoms with van der Waals surface area (Å²) >= 11 is 0. The van der Waals surface area contributed by atoms with Gasteiger partial charge < -0.3 is 4.74 Å². The Bertz CT molecular complexity index is 786. The number of benzene rings is 1. The highest BCUT2D eigenvalue weighted by Gasteiger charge is 2.36. The zero-order chi connectivity index (χ0) is 18.3. The van der Waals surface area contributed by atoms with Crippen molar-refractivity contribution in [2.75, 3.05) is 19.6 Å². The second-order valence-corrected chi connectivity index (χ2v) is 6.74. The molecule has 1 aromatic heterocycles. The molecule has 0 saturated carbocycles. The van der Waals surface area contributed by atoms with Gasteiger partial charge in [-0.3, -0.25) is 4.90 Å². The van der Waals surface area contributed by atoms with Crippen LogP contribution in [0.15, 0.2) is 30.3 Å². The van der Waals surface area contributed by atoms with Gasteiger partial charge in [0.05, 0.1) is 11.3 Å². The zero-order valence-corrected chi connectivity index (χ0v) is 13.8. The van der Waals surface area contributed by atoms with Crippen LogP contribution in [0.1, 0.15) is 18.4 Å². The molecule has 3 fully saturated rings. The van der Waals surface area contributed by atoms with E-state index < -0.39 is 17.6 Å². The minimum absolute atomic E-state index is 0.0369. The molecule has 2 bridgehead atoms. The predicted molar refractivity (Wildman–Crippen MR) is 86.0 cm³/mol. The highest BCUT2D eigenvalue weighted by molar-refractivity contribution is 5.60. The largest absolute Gasteiger partial charge is 0.472 e. The maximum Gasteiger partial charge on any atom is 0.416 e. The molecular weight excluding hydrogens is 350 g/mol. The normalized spacial score (nSPS) is 25.3. The van der Waals surface area contributed by atoms with Crippen LogP contribution < -0.4 is 4.74 Å². The molecule has 3 saturated heterocycles. The summed E-state index contributed by atoms with van der Waals surface area (Å²) in [4.78, 5) is 2.34. The number of aromatic nitrogens is 2. The third-order valence-electron chi connectivity index (χ3n) is 5.08. The molecule has 0 spiro atoms. The topological polar surface area (TPSA) is 38.2 Å². The van der Waals surface area contributed by atoms with Crippen LogP contribution in [0.4, 0.5) is 17.6 Å². The zero-order valence-electron chi connectivity index (χ0n) is 13.8. The van der Waals surface area contributed by atoms with Gasteiger partial charge in [0.15, 0.2) is 0 Å². The summed E-state index contributed by atoms with van der Waals surface area (Å²) in [5.41, 5.74) is -1.13. The number of nitrogens with zero attached hydrogens (tertiary/aromatic N) is 3. The van der Waals surface area contributed by atoms with Gasteiger partial charge in [0.2, 0.25) is 5.88 Å². The average molecular weight is 367 g/mol. The molecule has 138 valence electrons. The van der Waals surface area contributed by atoms with E-state index in [1.807, 2.05) is 0 Å². The Labute approximate surface area is 147 Å². The molecule has 1 aromatic carbocycles. The number of hydrogen-bond donors (Lipinski definition) is 0. The Morgan fingerprint density at radius 2 is 1.81 bits per heavy atom. The summed E-state index contributed by atoms with van der Waals surface area (Å²) < 4.78 is 58.3. The number of hydrogen-bond acceptors (Lipinski definition) is 4. The SMILES string of the molecule is Fc1ccc(C(F)(F)F)cc1-c1ccc(OC2CN3CCC2CC3)nn1. The van der Waals surface area contributed by atoms with E-state index in [0.717, 1.165) is 44.6 Å². The fraction of sp³-hybridized carbons (Fsp3) is 0.444. The van der Waals surface area contributed by atoms with Crippen molar-refractivity contribution in [1.82, 2.24) is 15.1 Å². The molecule has 4 nitrogen and oxygen atoms in total. The van der Waals surface area contributed by atoms with Crippen LogP contribution in [-0.2, 0) is 6.18 Å². The monoisotopic (exact) mass is 367 g/mol. The molecule has 1 unspecified atom stereocenters. The molecule has 0 N–H and O–H groups in total. The molecule has 2 aromatic rings. The minimum atomic E-state index is -4.55. The summed E-state index contributed by atoms with van der Waals surface area (Å²) in [6.45, 7) is 3.02. The van der Waals surface area contributed by atoms with Crippen LogP contribution >= 0.6 is 0 Å². The summed E-state index contributed by atoms with van der Waals surface area (Å²) in [6, 6.07) is 5.20. The van der Waals surface area contributed by atoms with Gasteiger partial charge in [0, 0.05) is 18.2 Å². The second-order valence-electron chi connectivity index (χ2n) is 6.74. The van der Waals surface area contributed by atoms with Gasteiger partial charge in [0.25, 0.3) is 0 Å². The number of alkyl halides is 3. The van der Waals surface area contributed by atoms with Crippen molar-refractivity contribution in [1.29, 1.82) is 0 Å². The van der Waals surface area contributed by atoms with Crippen molar-refractivity contribution in [2.45, 2.75) is 25.1 Å². The van der Waals surface area contributed by atoms with Gasteiger partial charge in [-0.15, -0.1) is 10.2 Å². The number of halogens is 4. The first kappa shape index (κ1) is 17.2. The van der Waals surface area contributed by atoms with Crippen LogP contribution in [0.3, 0.4) is 0 Å². The van der Waals surface area contributed by atoms with E-state index >= 15 is 0 Å². The van der Waals surface area contributed by atoms with Crippen molar-refractivity contribution in [3.8, 4) is 17.1 Å². The summed E-state index contributed by atoms with van der Waals surface area (Å²) in [5.74, 6) is 0.0145. The van der Waals surface area contributed by atoms with Crippen LogP contribution in [0.5, 0.6) is 5.88 Å². The second kappa shape index (κ2) is 6.50. The summed E-state index contributed by atoms with van der Waals surface area (Å²) in [5, 5.41) is 7.79. The third kappa shape index (κ3) is 3.38. The first-order valence-electron chi connectivity index (χ1n) is 8.50. The van der Waals surface area contributed by atoms with Crippen molar-refractivity contribution in [3.63, 3.8) is 0 Å². The van der Waals surface area contributed by atoms with Crippen molar-refractivity contribution < 1.29 is 22.3 Å². The molecule has 0 amide bonds. The van der Waals surface area contributed by atoms with Gasteiger partial charge in [-0.25, -0.2) is 4.39 Å². The van der Waals surface area contributed by atoms with Gasteiger partial charge in [-0.2, -0.15) is 13.2 Å². The standard InChI is InChI=1S/C18H17F4N3O/c19-14-2-1-12(18(20,21)22)9-13(14)15-3-4-17(24-23-15)26-16-10-25-7-5-11(16)6-8-25/h1-4,9,11,16H,5-8,10H2. The maximum absolute atomic E-state index is 13.9. The fourth-order valence-corrected chi connectivity index (χ4v) is 3.62. The van der Waals surface area contributed by atoms with E-state index in [4.69, 9.17) is 4.74 Å². The van der Waals surface area contributed by atoms with Gasteiger partial charge in [-0.05, 0) is 56.1 Å². The Kier molecular flexibility index (Phi) is 4.30. The highest BCUT2D eigenvalue weighted by Crippen LogP contribution is 2.34. The Morgan fingerprint density at radius 1 is 1.04 bits per heavy atom. The lowest BCUT2D eigenvalue weighted by molar-refractivity contribution is -0.137. The third-order valence-corrected chi connectivity index (χ3v) is 5.08. The quantitative estimate of drug-likeness (QED) is 0.774. The lowest BCUT2D eigenvalue weighted by Crippen LogP contribution is -2.52. The van der Waals surface area contributed by atoms with Crippen LogP contribution in [-0.4, -0.2) is 40.8 Å². The van der Waals surface area contributed by atoms with Crippen molar-refractivity contribution >= 4 is 0 Å². The molecular formula is C18H17F4N3O. The van der Waals surface area contributed by atoms with Crippen molar-refractivity contribution in [2.24, 2.45) is 5.92 Å². The molecule has 26 heavy (non-hydrogen) atoms. The molecule has 3 aliphatic heterocycles. The van der Waals surface area contributed by atoms with Crippen molar-refractivity contribution in [3.05, 3.63) is 41.7 Å². The Hall–Kier alpha value is -2.22. The lowest BCUT2D eigenvalue weighted by atomic mass is 9.86. The molecule has 5 rings (SSSR count). The van der Waals surface area contributed by atoms with Gasteiger partial charge >= 0.3 is 6.18 Å². The van der Waals surface area contributed by atoms with Crippen LogP contribution in [0.2, 0.25) is 0 Å². The fourth-order valence-electron chi connectivity index (χ4n) is 3.62. The predicted octanol–water partition coefficient (Wildman–Crippen LogP) is 3.77. The Morgan fingerprint density at radius 3 is 2.38 bits per heavy atom. The Balaban J connectivity index is 1.53. The molecule has 8 heteroatoms. The maximum atomic E-state index is 13.9. The van der Waals surface area contributed by atoms with E-state index in [2.05, 4.69) is 15.1 Å². The molecule has 4 heterocycles. The smallest absolute Gasteiger partial charge is 0.416 e. The highest BCUT2D eigenvalue weighted by atomic mass is 19.4. The van der Waals surface area contributed by atoms with Gasteiger partial charge in [-0.1, -0.05) is 0 Å². The number of piperidine rings is 3. The first-order chi connectivity index (χ1) is 12.4. The van der Waals surface area contributed by atoms with E-state index in [-0.39, 0.29) is 17.4 Å². The minimum Gasteiger partial charge on any atom is -0.472 e. The van der Waals surface area contributed by atoms with Crippen LogP contribution in [0.25, 0.3) is 11.3 Å². The summed E-state index contributed by atoms with van der Waals surface area (Å²) in [6.07, 6.45) is -2.32. The van der Waals surface area contributed by atoms with Crippen LogP contribution in [0, 0.1) is 11.7 Å². The number of fused-ring (bicyclic) bond motifs is 3. The number of ether oxygens (including phenoxy) is 1. The molecule has 0 radical (unpaired) electrons. The summed E-state index contributed by atoms with van der Waals surface area (Å²) in [7, 11) is 0. The van der Waals surface area contributed by atoms with E-state index in [0.29, 0.717) is 17.9 Å². The molecule has 0 aliphatic carbocycles. The lowest BCUT2D eigenvalue weighted by Gasteiger charge is -2.44. The van der Waals surface area contributed by atoms with E-state index in [1.165, 1.54) is 12.1 Å². The molecule has 3 aliphatic rings. The molecule has 1 atom stereocenters.